The fourth-order valence-electron chi connectivity index (χ4n) is 3.92. The normalized spacial score (nSPS) is 13.5. The summed E-state index contributed by atoms with van der Waals surface area (Å²) in [6.45, 7) is 0.140. The second kappa shape index (κ2) is 16.9. The number of carboxylic acids is 1. The van der Waals surface area contributed by atoms with Gasteiger partial charge in [0.15, 0.2) is 5.96 Å². The van der Waals surface area contributed by atoms with Crippen molar-refractivity contribution >= 4 is 35.6 Å². The Labute approximate surface area is 246 Å². The number of aliphatic carboxylic acids is 1. The van der Waals surface area contributed by atoms with Crippen LogP contribution in [0.3, 0.4) is 0 Å². The second-order valence-corrected chi connectivity index (χ2v) is 9.73. The minimum Gasteiger partial charge on any atom is -0.508 e. The first-order valence-electron chi connectivity index (χ1n) is 13.3. The lowest BCUT2D eigenvalue weighted by Gasteiger charge is -2.25. The topological polar surface area (TPSA) is 307 Å². The molecule has 0 saturated carbocycles. The number of primary amides is 1. The van der Waals surface area contributed by atoms with Crippen LogP contribution in [0.5, 0.6) is 5.75 Å². The number of benzene rings is 1. The Morgan fingerprint density at radius 2 is 1.51 bits per heavy atom. The standard InChI is InChI=1S/C26H38N10O7/c27-17(7-8-21(28)38)22(39)34-18(2-1-9-32-26(29)30)23(40)35-19(10-14-3-5-16(37)6-4-14)24(41)36-20(25(42)43)11-15-12-31-13-33-15/h3-6,12-13,17-20,37H,1-2,7-11,27H2,(H2,28,38)(H,31,33)(H,34,39)(H,35,40)(H,36,41)(H,42,43)(H4,29,30,32). The van der Waals surface area contributed by atoms with E-state index in [1.54, 1.807) is 0 Å². The number of carboxylic acid groups (broad SMARTS) is 1. The molecule has 4 unspecified atom stereocenters. The van der Waals surface area contributed by atoms with Crippen molar-refractivity contribution in [3.8, 4) is 5.75 Å². The number of aromatic nitrogens is 2. The third-order valence-electron chi connectivity index (χ3n) is 6.22. The summed E-state index contributed by atoms with van der Waals surface area (Å²) in [5.74, 6) is -4.44. The molecule has 4 amide bonds. The predicted octanol–water partition coefficient (Wildman–Crippen LogP) is -2.91. The summed E-state index contributed by atoms with van der Waals surface area (Å²) < 4.78 is 0. The first kappa shape index (κ1) is 34.0. The number of amides is 4. The van der Waals surface area contributed by atoms with Gasteiger partial charge in [-0.3, -0.25) is 24.2 Å². The SMILES string of the molecule is NC(=O)CCC(N)C(=O)NC(CCCN=C(N)N)C(=O)NC(Cc1ccc(O)cc1)C(=O)NC(Cc1cnc[nH]1)C(=O)O. The molecule has 17 nitrogen and oxygen atoms in total. The zero-order valence-corrected chi connectivity index (χ0v) is 23.4. The highest BCUT2D eigenvalue weighted by Gasteiger charge is 2.31. The van der Waals surface area contributed by atoms with Gasteiger partial charge in [0, 0.05) is 37.7 Å². The molecule has 14 N–H and O–H groups in total. The number of nitrogens with one attached hydrogen (secondary N) is 4. The third kappa shape index (κ3) is 12.5. The van der Waals surface area contributed by atoms with E-state index >= 15 is 0 Å². The van der Waals surface area contributed by atoms with Crippen molar-refractivity contribution in [3.63, 3.8) is 0 Å². The van der Waals surface area contributed by atoms with E-state index in [4.69, 9.17) is 22.9 Å². The monoisotopic (exact) mass is 602 g/mol. The minimum atomic E-state index is -1.36. The van der Waals surface area contributed by atoms with Gasteiger partial charge < -0.3 is 54.1 Å². The van der Waals surface area contributed by atoms with Gasteiger partial charge in [0.1, 0.15) is 23.9 Å². The van der Waals surface area contributed by atoms with Gasteiger partial charge in [-0.1, -0.05) is 12.1 Å². The first-order valence-corrected chi connectivity index (χ1v) is 13.3. The molecule has 0 aliphatic rings. The molecule has 0 fully saturated rings. The van der Waals surface area contributed by atoms with Gasteiger partial charge in [-0.05, 0) is 37.0 Å². The van der Waals surface area contributed by atoms with Crippen LogP contribution in [0.15, 0.2) is 41.8 Å². The number of H-pyrrole nitrogens is 1. The average Bonchev–Trinajstić information content (AvgIpc) is 3.46. The molecule has 1 aromatic carbocycles. The molecular weight excluding hydrogens is 564 g/mol. The predicted molar refractivity (Wildman–Crippen MR) is 154 cm³/mol. The summed E-state index contributed by atoms with van der Waals surface area (Å²) in [4.78, 5) is 73.0. The van der Waals surface area contributed by atoms with Crippen LogP contribution in [0.1, 0.15) is 36.9 Å². The van der Waals surface area contributed by atoms with E-state index in [0.29, 0.717) is 11.3 Å². The van der Waals surface area contributed by atoms with Crippen molar-refractivity contribution in [2.45, 2.75) is 62.7 Å². The minimum absolute atomic E-state index is 0.0180. The molecule has 1 heterocycles. The van der Waals surface area contributed by atoms with E-state index in [0.717, 1.165) is 0 Å². The van der Waals surface area contributed by atoms with Crippen LogP contribution in [0, 0.1) is 0 Å². The summed E-state index contributed by atoms with van der Waals surface area (Å²) in [5.41, 5.74) is 22.7. The van der Waals surface area contributed by atoms with Gasteiger partial charge in [0.05, 0.1) is 12.4 Å². The number of aromatic amines is 1. The number of nitrogens with zero attached hydrogens (tertiary/aromatic N) is 2. The van der Waals surface area contributed by atoms with Gasteiger partial charge in [-0.25, -0.2) is 9.78 Å². The van der Waals surface area contributed by atoms with Crippen molar-refractivity contribution in [1.29, 1.82) is 0 Å². The van der Waals surface area contributed by atoms with E-state index < -0.39 is 53.8 Å². The Morgan fingerprint density at radius 1 is 0.884 bits per heavy atom. The maximum Gasteiger partial charge on any atom is 0.326 e. The summed E-state index contributed by atoms with van der Waals surface area (Å²) in [6.07, 6.45) is 2.70. The van der Waals surface area contributed by atoms with Crippen molar-refractivity contribution in [2.75, 3.05) is 6.54 Å². The van der Waals surface area contributed by atoms with Crippen molar-refractivity contribution in [3.05, 3.63) is 48.0 Å². The fraction of sp³-hybridized carbons (Fsp3) is 0.423. The van der Waals surface area contributed by atoms with E-state index in [1.165, 1.54) is 36.8 Å². The highest BCUT2D eigenvalue weighted by atomic mass is 16.4. The van der Waals surface area contributed by atoms with Crippen LogP contribution in [0.4, 0.5) is 0 Å². The van der Waals surface area contributed by atoms with Crippen LogP contribution in [-0.4, -0.2) is 86.5 Å². The van der Waals surface area contributed by atoms with E-state index in [2.05, 4.69) is 30.9 Å². The molecule has 0 bridgehead atoms. The van der Waals surface area contributed by atoms with Crippen LogP contribution >= 0.6 is 0 Å². The Hall–Kier alpha value is -5.19. The van der Waals surface area contributed by atoms with Crippen molar-refractivity contribution in [2.24, 2.45) is 27.9 Å². The Morgan fingerprint density at radius 3 is 2.09 bits per heavy atom. The highest BCUT2D eigenvalue weighted by molar-refractivity contribution is 5.94. The molecule has 17 heteroatoms. The number of imidazole rings is 1. The number of aliphatic imine (C=N–C) groups is 1. The zero-order chi connectivity index (χ0) is 31.9. The largest absolute Gasteiger partial charge is 0.508 e. The second-order valence-electron chi connectivity index (χ2n) is 9.73. The number of carbonyl (C=O) groups is 5. The lowest BCUT2D eigenvalue weighted by Crippen LogP contribution is -2.57. The van der Waals surface area contributed by atoms with Crippen LogP contribution in [-0.2, 0) is 36.8 Å². The van der Waals surface area contributed by atoms with E-state index in [-0.39, 0.29) is 56.8 Å². The van der Waals surface area contributed by atoms with Crippen LogP contribution < -0.4 is 38.9 Å². The number of hydrogen-bond acceptors (Lipinski definition) is 9. The number of nitrogens with two attached hydrogens (primary N) is 4. The maximum atomic E-state index is 13.5. The van der Waals surface area contributed by atoms with Gasteiger partial charge in [0.25, 0.3) is 0 Å². The molecular formula is C26H38N10O7. The van der Waals surface area contributed by atoms with Gasteiger partial charge in [-0.15, -0.1) is 0 Å². The lowest BCUT2D eigenvalue weighted by molar-refractivity contribution is -0.142. The summed E-state index contributed by atoms with van der Waals surface area (Å²) in [5, 5.41) is 26.9. The average molecular weight is 603 g/mol. The molecule has 0 aliphatic heterocycles. The van der Waals surface area contributed by atoms with Crippen LogP contribution in [0.25, 0.3) is 0 Å². The molecule has 43 heavy (non-hydrogen) atoms. The quantitative estimate of drug-likeness (QED) is 0.0468. The number of hydrogen-bond donors (Lipinski definition) is 10. The molecule has 0 saturated heterocycles. The van der Waals surface area contributed by atoms with Gasteiger partial charge >= 0.3 is 5.97 Å². The molecule has 4 atom stereocenters. The summed E-state index contributed by atoms with van der Waals surface area (Å²) >= 11 is 0. The molecule has 0 aliphatic carbocycles. The number of phenols is 1. The van der Waals surface area contributed by atoms with Crippen molar-refractivity contribution < 1.29 is 34.2 Å². The van der Waals surface area contributed by atoms with Crippen molar-refractivity contribution in [1.82, 2.24) is 25.9 Å². The number of phenolic OH excluding ortho intramolecular Hbond substituents is 1. The fourth-order valence-corrected chi connectivity index (χ4v) is 3.92. The number of guanidine groups is 1. The number of rotatable bonds is 18. The molecule has 1 aromatic heterocycles. The van der Waals surface area contributed by atoms with E-state index in [1.807, 2.05) is 0 Å². The Bertz CT molecular complexity index is 1260. The molecule has 0 radical (unpaired) electrons. The van der Waals surface area contributed by atoms with Gasteiger partial charge in [0.2, 0.25) is 23.6 Å². The molecule has 2 rings (SSSR count). The molecule has 2 aromatic rings. The highest BCUT2D eigenvalue weighted by Crippen LogP contribution is 2.12. The first-order chi connectivity index (χ1) is 20.3. The third-order valence-corrected chi connectivity index (χ3v) is 6.22. The van der Waals surface area contributed by atoms with Gasteiger partial charge in [-0.2, -0.15) is 0 Å². The Kier molecular flexibility index (Phi) is 13.4. The van der Waals surface area contributed by atoms with Crippen LogP contribution in [0.2, 0.25) is 0 Å². The smallest absolute Gasteiger partial charge is 0.326 e. The maximum absolute atomic E-state index is 13.5. The zero-order valence-electron chi connectivity index (χ0n) is 23.4. The molecule has 234 valence electrons. The lowest BCUT2D eigenvalue weighted by atomic mass is 10.0. The Balaban J connectivity index is 2.26. The van der Waals surface area contributed by atoms with E-state index in [9.17, 15) is 34.2 Å². The molecule has 0 spiro atoms. The summed E-state index contributed by atoms with van der Waals surface area (Å²) in [6, 6.07) is 0.870. The summed E-state index contributed by atoms with van der Waals surface area (Å²) in [7, 11) is 0. The number of carbonyl (C=O) groups excluding carboxylic acids is 4. The number of aromatic hydroxyl groups is 1.